The Kier molecular flexibility index (Phi) is 14.6. The Bertz CT molecular complexity index is 1530. The quantitative estimate of drug-likeness (QED) is 0.110. The highest BCUT2D eigenvalue weighted by Crippen LogP contribution is 2.19. The number of aromatic nitrogens is 2. The minimum atomic E-state index is -0.692. The van der Waals surface area contributed by atoms with Gasteiger partial charge in [-0.1, -0.05) is 24.3 Å². The monoisotopic (exact) mass is 683 g/mol. The second-order valence-corrected chi connectivity index (χ2v) is 12.0. The molecule has 5 N–H and O–H groups in total. The minimum Gasteiger partial charge on any atom is -0.493 e. The van der Waals surface area contributed by atoms with Crippen molar-refractivity contribution in [3.63, 3.8) is 0 Å². The molecule has 15 nitrogen and oxygen atoms in total. The summed E-state index contributed by atoms with van der Waals surface area (Å²) in [4.78, 5) is 69.8. The lowest BCUT2D eigenvalue weighted by Crippen LogP contribution is -2.39. The summed E-state index contributed by atoms with van der Waals surface area (Å²) in [5.41, 5.74) is 0.784. The largest absolute Gasteiger partial charge is 0.493 e. The fourth-order valence-corrected chi connectivity index (χ4v) is 4.70. The Morgan fingerprint density at radius 3 is 2.52 bits per heavy atom. The number of carbonyl (C=O) groups excluding carboxylic acids is 5. The molecule has 3 rings (SSSR count). The molecule has 0 aliphatic carbocycles. The number of anilines is 1. The number of amides is 5. The van der Waals surface area contributed by atoms with E-state index in [9.17, 15) is 24.0 Å². The molecule has 0 fully saturated rings. The van der Waals surface area contributed by atoms with Crippen molar-refractivity contribution in [2.45, 2.75) is 58.7 Å². The molecule has 0 saturated carbocycles. The van der Waals surface area contributed by atoms with Crippen LogP contribution in [0, 0.1) is 0 Å². The summed E-state index contributed by atoms with van der Waals surface area (Å²) >= 11 is 1.04. The van der Waals surface area contributed by atoms with Gasteiger partial charge < -0.3 is 35.5 Å². The second kappa shape index (κ2) is 18.8. The Labute approximate surface area is 282 Å². The maximum Gasteiger partial charge on any atom is 0.407 e. The van der Waals surface area contributed by atoms with E-state index in [4.69, 9.17) is 14.2 Å². The number of rotatable bonds is 16. The second-order valence-electron chi connectivity index (χ2n) is 11.2. The number of pyridine rings is 1. The van der Waals surface area contributed by atoms with Gasteiger partial charge in [-0.2, -0.15) is 0 Å². The molecule has 2 heterocycles. The summed E-state index contributed by atoms with van der Waals surface area (Å²) in [6, 6.07) is 9.39. The summed E-state index contributed by atoms with van der Waals surface area (Å²) in [7, 11) is 0. The molecule has 0 aliphatic heterocycles. The Morgan fingerprint density at radius 2 is 1.79 bits per heavy atom. The van der Waals surface area contributed by atoms with Crippen molar-refractivity contribution in [1.82, 2.24) is 31.2 Å². The average molecular weight is 684 g/mol. The molecular formula is C32H41N7O8S. The number of ether oxygens (including phenoxy) is 3. The lowest BCUT2D eigenvalue weighted by Gasteiger charge is -2.19. The third-order valence-corrected chi connectivity index (χ3v) is 6.88. The van der Waals surface area contributed by atoms with E-state index in [0.717, 1.165) is 16.9 Å². The summed E-state index contributed by atoms with van der Waals surface area (Å²) in [5, 5.41) is 14.8. The van der Waals surface area contributed by atoms with Crippen molar-refractivity contribution in [2.24, 2.45) is 0 Å². The van der Waals surface area contributed by atoms with E-state index in [1.165, 1.54) is 11.6 Å². The molecule has 0 bridgehead atoms. The highest BCUT2D eigenvalue weighted by atomic mass is 32.1. The van der Waals surface area contributed by atoms with E-state index in [-0.39, 0.29) is 36.9 Å². The summed E-state index contributed by atoms with van der Waals surface area (Å²) in [6.45, 7) is 7.76. The van der Waals surface area contributed by atoms with Gasteiger partial charge in [0.15, 0.2) is 5.13 Å². The fraction of sp³-hybridized carbons (Fsp3) is 0.406. The van der Waals surface area contributed by atoms with Gasteiger partial charge in [-0.15, -0.1) is 11.3 Å². The maximum absolute atomic E-state index is 12.6. The molecular weight excluding hydrogens is 642 g/mol. The predicted molar refractivity (Wildman–Crippen MR) is 177 cm³/mol. The van der Waals surface area contributed by atoms with E-state index < -0.39 is 41.6 Å². The highest BCUT2D eigenvalue weighted by Gasteiger charge is 2.21. The zero-order valence-electron chi connectivity index (χ0n) is 27.3. The third kappa shape index (κ3) is 13.6. The molecule has 16 heteroatoms. The molecule has 5 amide bonds. The van der Waals surface area contributed by atoms with Crippen molar-refractivity contribution >= 4 is 46.4 Å². The van der Waals surface area contributed by atoms with Crippen LogP contribution in [0.5, 0.6) is 5.75 Å². The number of carbonyl (C=O) groups is 5. The average Bonchev–Trinajstić information content (AvgIpc) is 3.51. The molecule has 3 aromatic rings. The first-order chi connectivity index (χ1) is 22.9. The van der Waals surface area contributed by atoms with Crippen LogP contribution in [0.3, 0.4) is 0 Å². The molecule has 0 aliphatic rings. The Morgan fingerprint density at radius 1 is 1.00 bits per heavy atom. The van der Waals surface area contributed by atoms with Crippen LogP contribution in [-0.2, 0) is 25.6 Å². The van der Waals surface area contributed by atoms with Crippen molar-refractivity contribution in [2.75, 3.05) is 31.6 Å². The molecule has 0 saturated heterocycles. The summed E-state index contributed by atoms with van der Waals surface area (Å²) in [5.74, 6) is -1.05. The number of benzene rings is 1. The first kappa shape index (κ1) is 37.2. The van der Waals surface area contributed by atoms with Crippen LogP contribution in [0.2, 0.25) is 0 Å². The summed E-state index contributed by atoms with van der Waals surface area (Å²) < 4.78 is 16.0. The molecule has 0 radical (unpaired) electrons. The zero-order valence-corrected chi connectivity index (χ0v) is 28.1. The number of para-hydroxylation sites is 1. The molecule has 48 heavy (non-hydrogen) atoms. The molecule has 2 aromatic heterocycles. The van der Waals surface area contributed by atoms with Crippen LogP contribution >= 0.6 is 11.3 Å². The number of hydrogen-bond donors (Lipinski definition) is 5. The number of hydrogen-bond acceptors (Lipinski definition) is 11. The van der Waals surface area contributed by atoms with Crippen molar-refractivity contribution in [3.8, 4) is 5.75 Å². The van der Waals surface area contributed by atoms with Crippen molar-refractivity contribution in [1.29, 1.82) is 0 Å². The first-order valence-electron chi connectivity index (χ1n) is 15.2. The van der Waals surface area contributed by atoms with Crippen LogP contribution in [0.4, 0.5) is 14.7 Å². The number of thiazole rings is 1. The van der Waals surface area contributed by atoms with Gasteiger partial charge in [-0.25, -0.2) is 14.6 Å². The van der Waals surface area contributed by atoms with Crippen LogP contribution in [0.25, 0.3) is 0 Å². The van der Waals surface area contributed by atoms with E-state index in [2.05, 4.69) is 36.6 Å². The standard InChI is InChI=1S/C32H41N7O8S/c1-5-45-27(41)16-23(21-11-8-13-33-17-21)37-26(40)19-35-28(42)24-20-48-30(38-24)39-29(43)36-18-22-10-6-7-12-25(22)46-15-9-14-34-31(44)47-32(2,3)4/h6-8,10-13,17,20,23H,5,9,14-16,18-19H2,1-4H3,(H,34,44)(H,35,42)(H,37,40)(H2,36,38,39,43)/t23-/m1/s1. The lowest BCUT2D eigenvalue weighted by atomic mass is 10.1. The van der Waals surface area contributed by atoms with E-state index >= 15 is 0 Å². The SMILES string of the molecule is CCOC(=O)C[C@@H](NC(=O)CNC(=O)c1csc(NC(=O)NCc2ccccc2OCCCNC(=O)OC(C)(C)C)n1)c1cccnc1. The minimum absolute atomic E-state index is 0.0123. The predicted octanol–water partition coefficient (Wildman–Crippen LogP) is 3.69. The fourth-order valence-electron chi connectivity index (χ4n) is 4.02. The molecule has 258 valence electrons. The van der Waals surface area contributed by atoms with E-state index in [0.29, 0.717) is 30.9 Å². The van der Waals surface area contributed by atoms with Gasteiger partial charge in [0.2, 0.25) is 5.91 Å². The Balaban J connectivity index is 1.42. The van der Waals surface area contributed by atoms with Crippen LogP contribution in [0.1, 0.15) is 68.2 Å². The normalized spacial score (nSPS) is 11.4. The van der Waals surface area contributed by atoms with Gasteiger partial charge in [0.25, 0.3) is 5.91 Å². The Hall–Kier alpha value is -5.25. The van der Waals surface area contributed by atoms with Gasteiger partial charge in [-0.3, -0.25) is 24.7 Å². The lowest BCUT2D eigenvalue weighted by molar-refractivity contribution is -0.143. The van der Waals surface area contributed by atoms with Crippen molar-refractivity contribution < 1.29 is 38.2 Å². The van der Waals surface area contributed by atoms with Gasteiger partial charge in [0.05, 0.1) is 32.2 Å². The van der Waals surface area contributed by atoms with Crippen LogP contribution < -0.4 is 31.3 Å². The van der Waals surface area contributed by atoms with Gasteiger partial charge >= 0.3 is 18.1 Å². The maximum atomic E-state index is 12.6. The number of alkyl carbamates (subject to hydrolysis) is 1. The van der Waals surface area contributed by atoms with E-state index in [1.807, 2.05) is 18.2 Å². The van der Waals surface area contributed by atoms with Crippen LogP contribution in [0.15, 0.2) is 54.2 Å². The third-order valence-electron chi connectivity index (χ3n) is 6.12. The smallest absolute Gasteiger partial charge is 0.407 e. The van der Waals surface area contributed by atoms with Gasteiger partial charge in [0.1, 0.15) is 17.0 Å². The van der Waals surface area contributed by atoms with Gasteiger partial charge in [0, 0.05) is 36.4 Å². The summed E-state index contributed by atoms with van der Waals surface area (Å²) in [6.07, 6.45) is 3.06. The topological polar surface area (TPSA) is 199 Å². The number of urea groups is 1. The molecule has 0 unspecified atom stereocenters. The zero-order chi connectivity index (χ0) is 34.9. The first-order valence-corrected chi connectivity index (χ1v) is 16.1. The van der Waals surface area contributed by atoms with Crippen molar-refractivity contribution in [3.05, 3.63) is 71.0 Å². The molecule has 1 atom stereocenters. The molecule has 0 spiro atoms. The number of esters is 1. The number of nitrogens with one attached hydrogen (secondary N) is 5. The number of nitrogens with zero attached hydrogens (tertiary/aromatic N) is 2. The molecule has 1 aromatic carbocycles. The van der Waals surface area contributed by atoms with E-state index in [1.54, 1.807) is 52.1 Å². The highest BCUT2D eigenvalue weighted by molar-refractivity contribution is 7.14. The van der Waals surface area contributed by atoms with Gasteiger partial charge in [-0.05, 0) is 51.8 Å². The van der Waals surface area contributed by atoms with Crippen LogP contribution in [-0.4, -0.2) is 71.8 Å².